The molecule has 3 aromatic carbocycles. The van der Waals surface area contributed by atoms with Crippen LogP contribution in [0.5, 0.6) is 0 Å². The van der Waals surface area contributed by atoms with Crippen LogP contribution in [-0.4, -0.2) is 32.2 Å². The Morgan fingerprint density at radius 3 is 2.50 bits per heavy atom. The van der Waals surface area contributed by atoms with E-state index in [1.165, 1.54) is 12.1 Å². The Hall–Kier alpha value is -3.11. The molecule has 0 spiro atoms. The van der Waals surface area contributed by atoms with Crippen LogP contribution in [0.3, 0.4) is 0 Å². The lowest BCUT2D eigenvalue weighted by atomic mass is 9.98. The predicted molar refractivity (Wildman–Crippen MR) is 126 cm³/mol. The molecule has 0 aromatic heterocycles. The summed E-state index contributed by atoms with van der Waals surface area (Å²) in [6.07, 6.45) is 3.77. The molecule has 34 heavy (non-hydrogen) atoms. The average molecular weight is 464 g/mol. The highest BCUT2D eigenvalue weighted by Gasteiger charge is 2.22. The molecule has 0 saturated carbocycles. The van der Waals surface area contributed by atoms with E-state index in [0.717, 1.165) is 22.9 Å². The summed E-state index contributed by atoms with van der Waals surface area (Å²) in [4.78, 5) is 0. The van der Waals surface area contributed by atoms with E-state index in [2.05, 4.69) is 6.58 Å². The third-order valence-electron chi connectivity index (χ3n) is 5.99. The van der Waals surface area contributed by atoms with Gasteiger partial charge in [-0.05, 0) is 53.5 Å². The smallest absolute Gasteiger partial charge is 0.158 e. The number of aryl methyl sites for hydroxylation is 3. The van der Waals surface area contributed by atoms with Gasteiger partial charge < -0.3 is 14.2 Å². The summed E-state index contributed by atoms with van der Waals surface area (Å²) < 4.78 is 46.0. The van der Waals surface area contributed by atoms with Crippen molar-refractivity contribution in [2.45, 2.75) is 38.1 Å². The second-order valence-electron chi connectivity index (χ2n) is 8.40. The first-order chi connectivity index (χ1) is 16.6. The quantitative estimate of drug-likeness (QED) is 0.385. The number of rotatable bonds is 9. The molecule has 4 nitrogen and oxygen atoms in total. The molecule has 6 heteroatoms. The van der Waals surface area contributed by atoms with Gasteiger partial charge in [-0.25, -0.2) is 8.78 Å². The fraction of sp³-hybridized carbons (Fsp3) is 0.321. The zero-order chi connectivity index (χ0) is 23.9. The minimum absolute atomic E-state index is 0.0137. The summed E-state index contributed by atoms with van der Waals surface area (Å²) in [5.41, 5.74) is 2.42. The highest BCUT2D eigenvalue weighted by atomic mass is 19.1. The Morgan fingerprint density at radius 1 is 1.00 bits per heavy atom. The van der Waals surface area contributed by atoms with Crippen LogP contribution in [0.1, 0.15) is 28.7 Å². The zero-order valence-electron chi connectivity index (χ0n) is 18.9. The maximum absolute atomic E-state index is 15.1. The summed E-state index contributed by atoms with van der Waals surface area (Å²) in [5, 5.41) is 10.3. The van der Waals surface area contributed by atoms with Gasteiger partial charge in [0.05, 0.1) is 25.4 Å². The molecule has 1 heterocycles. The first kappa shape index (κ1) is 24.0. The minimum Gasteiger partial charge on any atom is -0.369 e. The van der Waals surface area contributed by atoms with Gasteiger partial charge in [0.2, 0.25) is 0 Å². The summed E-state index contributed by atoms with van der Waals surface area (Å²) in [7, 11) is 0. The summed E-state index contributed by atoms with van der Waals surface area (Å²) >= 11 is 0. The number of nitrogens with zero attached hydrogens (tertiary/aromatic N) is 1. The largest absolute Gasteiger partial charge is 0.369 e. The van der Waals surface area contributed by atoms with Gasteiger partial charge in [-0.2, -0.15) is 5.26 Å². The van der Waals surface area contributed by atoms with E-state index in [9.17, 15) is 4.39 Å². The molecule has 1 aliphatic rings. The Kier molecular flexibility index (Phi) is 8.02. The molecule has 1 aliphatic heterocycles. The summed E-state index contributed by atoms with van der Waals surface area (Å²) in [5.74, 6) is -0.793. The Bertz CT molecular complexity index is 1200. The number of ether oxygens (including phenoxy) is 3. The molecule has 0 atom stereocenters. The minimum atomic E-state index is -0.545. The van der Waals surface area contributed by atoms with Gasteiger partial charge in [-0.1, -0.05) is 42.5 Å². The van der Waals surface area contributed by atoms with Crippen molar-refractivity contribution in [3.63, 3.8) is 0 Å². The molecule has 0 aliphatic carbocycles. The number of halogens is 2. The van der Waals surface area contributed by atoms with Crippen LogP contribution in [-0.2, 0) is 33.5 Å². The van der Waals surface area contributed by atoms with Crippen LogP contribution in [0.25, 0.3) is 10.8 Å². The lowest BCUT2D eigenvalue weighted by Gasteiger charge is -2.29. The van der Waals surface area contributed by atoms with Crippen molar-refractivity contribution < 1.29 is 23.0 Å². The van der Waals surface area contributed by atoms with Crippen molar-refractivity contribution in [2.75, 3.05) is 19.8 Å². The Morgan fingerprint density at radius 2 is 1.76 bits per heavy atom. The molecule has 0 bridgehead atoms. The molecule has 4 rings (SSSR count). The number of benzene rings is 3. The first-order valence-electron chi connectivity index (χ1n) is 11.4. The van der Waals surface area contributed by atoms with E-state index >= 15 is 4.39 Å². The van der Waals surface area contributed by atoms with Crippen molar-refractivity contribution in [3.05, 3.63) is 95.1 Å². The summed E-state index contributed by atoms with van der Waals surface area (Å²) in [6, 6.07) is 15.8. The Labute approximate surface area is 198 Å². The first-order valence-corrected chi connectivity index (χ1v) is 11.4. The SMILES string of the molecule is C=CCOC1COC(CCc2ccc3c(F)c(CCc4ccc(C#N)c(F)c4)ccc3c2)OC1. The van der Waals surface area contributed by atoms with Gasteiger partial charge in [-0.3, -0.25) is 0 Å². The van der Waals surface area contributed by atoms with E-state index in [-0.39, 0.29) is 23.8 Å². The van der Waals surface area contributed by atoms with E-state index in [1.54, 1.807) is 18.2 Å². The third kappa shape index (κ3) is 5.87. The van der Waals surface area contributed by atoms with Crippen LogP contribution in [0.15, 0.2) is 61.2 Å². The van der Waals surface area contributed by atoms with E-state index in [4.69, 9.17) is 19.5 Å². The highest BCUT2D eigenvalue weighted by molar-refractivity contribution is 5.84. The van der Waals surface area contributed by atoms with E-state index in [1.807, 2.05) is 30.3 Å². The third-order valence-corrected chi connectivity index (χ3v) is 5.99. The van der Waals surface area contributed by atoms with Gasteiger partial charge in [0.15, 0.2) is 6.29 Å². The standard InChI is InChI=1S/C28H27F2NO3/c1-2-13-32-24-17-33-27(34-18-24)12-6-19-5-11-25-22(14-19)10-9-21(28(25)30)7-3-20-4-8-23(16-31)26(29)15-20/h2,4-5,8-11,14-15,24,27H,1,3,6-7,12-13,17-18H2. The molecular weight excluding hydrogens is 436 g/mol. The predicted octanol–water partition coefficient (Wildman–Crippen LogP) is 5.65. The molecule has 0 unspecified atom stereocenters. The van der Waals surface area contributed by atoms with Crippen LogP contribution in [0.2, 0.25) is 0 Å². The zero-order valence-corrected chi connectivity index (χ0v) is 18.9. The normalized spacial score (nSPS) is 18.0. The maximum Gasteiger partial charge on any atom is 0.158 e. The van der Waals surface area contributed by atoms with E-state index < -0.39 is 5.82 Å². The van der Waals surface area contributed by atoms with Gasteiger partial charge in [-0.15, -0.1) is 6.58 Å². The molecule has 0 amide bonds. The lowest BCUT2D eigenvalue weighted by molar-refractivity contribution is -0.225. The molecule has 0 N–H and O–H groups in total. The molecule has 0 radical (unpaired) electrons. The van der Waals surface area contributed by atoms with Crippen molar-refractivity contribution in [1.29, 1.82) is 5.26 Å². The number of fused-ring (bicyclic) bond motifs is 1. The average Bonchev–Trinajstić information content (AvgIpc) is 2.86. The molecule has 1 fully saturated rings. The topological polar surface area (TPSA) is 51.5 Å². The second-order valence-corrected chi connectivity index (χ2v) is 8.40. The van der Waals surface area contributed by atoms with Crippen molar-refractivity contribution in [2.24, 2.45) is 0 Å². The van der Waals surface area contributed by atoms with Crippen molar-refractivity contribution in [3.8, 4) is 6.07 Å². The van der Waals surface area contributed by atoms with Crippen molar-refractivity contribution >= 4 is 10.8 Å². The molecule has 176 valence electrons. The van der Waals surface area contributed by atoms with Crippen molar-refractivity contribution in [1.82, 2.24) is 0 Å². The van der Waals surface area contributed by atoms with E-state index in [0.29, 0.717) is 50.0 Å². The highest BCUT2D eigenvalue weighted by Crippen LogP contribution is 2.25. The number of hydrogen-bond donors (Lipinski definition) is 0. The maximum atomic E-state index is 15.1. The lowest BCUT2D eigenvalue weighted by Crippen LogP contribution is -2.37. The van der Waals surface area contributed by atoms with Gasteiger partial charge >= 0.3 is 0 Å². The van der Waals surface area contributed by atoms with Crippen LogP contribution in [0.4, 0.5) is 8.78 Å². The van der Waals surface area contributed by atoms with Crippen LogP contribution >= 0.6 is 0 Å². The fourth-order valence-electron chi connectivity index (χ4n) is 4.10. The van der Waals surface area contributed by atoms with Crippen LogP contribution < -0.4 is 0 Å². The van der Waals surface area contributed by atoms with Gasteiger partial charge in [0, 0.05) is 11.8 Å². The Balaban J connectivity index is 1.35. The summed E-state index contributed by atoms with van der Waals surface area (Å²) in [6.45, 7) is 5.11. The number of nitriles is 1. The molecular formula is C28H27F2NO3. The second kappa shape index (κ2) is 11.3. The fourth-order valence-corrected chi connectivity index (χ4v) is 4.10. The van der Waals surface area contributed by atoms with Crippen LogP contribution in [0, 0.1) is 23.0 Å². The van der Waals surface area contributed by atoms with Gasteiger partial charge in [0.1, 0.15) is 23.8 Å². The van der Waals surface area contributed by atoms with Gasteiger partial charge in [0.25, 0.3) is 0 Å². The monoisotopic (exact) mass is 463 g/mol. The number of hydrogen-bond acceptors (Lipinski definition) is 4. The molecule has 1 saturated heterocycles. The molecule has 3 aromatic rings.